The number of nitrogens with two attached hydrogens (primary N) is 1. The summed E-state index contributed by atoms with van der Waals surface area (Å²) in [7, 11) is 0. The molecule has 81 heavy (non-hydrogen) atoms. The zero-order chi connectivity index (χ0) is 59.5. The van der Waals surface area contributed by atoms with Gasteiger partial charge in [-0.15, -0.1) is 0 Å². The molecule has 0 bridgehead atoms. The van der Waals surface area contributed by atoms with Crippen LogP contribution in [-0.2, 0) is 32.5 Å². The molecule has 0 saturated carbocycles. The molecule has 0 aliphatic rings. The maximum atomic E-state index is 13.0. The van der Waals surface area contributed by atoms with Gasteiger partial charge in [0.1, 0.15) is 40.2 Å². The van der Waals surface area contributed by atoms with Crippen LogP contribution in [0.15, 0.2) is 67.7 Å². The Hall–Kier alpha value is -9.10. The van der Waals surface area contributed by atoms with Crippen LogP contribution in [0.25, 0.3) is 67.0 Å². The van der Waals surface area contributed by atoms with Crippen molar-refractivity contribution in [1.82, 2.24) is 115 Å². The van der Waals surface area contributed by atoms with Crippen LogP contribution in [0.1, 0.15) is 159 Å². The van der Waals surface area contributed by atoms with Gasteiger partial charge in [0.15, 0.2) is 33.9 Å². The van der Waals surface area contributed by atoms with E-state index in [1.807, 2.05) is 53.8 Å². The molecule has 0 radical (unpaired) electrons. The van der Waals surface area contributed by atoms with Crippen LogP contribution in [0.3, 0.4) is 0 Å². The smallest absolute Gasteiger partial charge is 0.347 e. The van der Waals surface area contributed by atoms with Crippen molar-refractivity contribution >= 4 is 72.9 Å². The lowest BCUT2D eigenvalue weighted by molar-refractivity contribution is 0.503. The van der Waals surface area contributed by atoms with Gasteiger partial charge in [0.05, 0.1) is 72.0 Å². The summed E-state index contributed by atoms with van der Waals surface area (Å²) in [5.41, 5.74) is 19.7. The average molecular weight is 1110 g/mol. The Morgan fingerprint density at radius 3 is 1.17 bits per heavy atom. The predicted molar refractivity (Wildman–Crippen MR) is 312 cm³/mol. The van der Waals surface area contributed by atoms with Crippen molar-refractivity contribution in [3.63, 3.8) is 0 Å². The fraction of sp³-hybridized carbons (Fsp3) is 0.436. The van der Waals surface area contributed by atoms with Crippen LogP contribution in [-0.4, -0.2) is 115 Å². The van der Waals surface area contributed by atoms with E-state index in [-0.39, 0.29) is 44.1 Å². The molecular weight excluding hydrogens is 1030 g/mol. The van der Waals surface area contributed by atoms with Crippen molar-refractivity contribution in [2.24, 2.45) is 0 Å². The Bertz CT molecular complexity index is 3810. The lowest BCUT2D eigenvalue weighted by atomic mass is 9.87. The third kappa shape index (κ3) is 14.4. The molecule has 0 amide bonds. The number of anilines is 1. The second-order valence-electron chi connectivity index (χ2n) is 25.1. The molecule has 0 atom stereocenters. The Morgan fingerprint density at radius 1 is 0.370 bits per heavy atom. The van der Waals surface area contributed by atoms with Crippen molar-refractivity contribution in [2.45, 2.75) is 157 Å². The first-order valence-electron chi connectivity index (χ1n) is 26.1. The van der Waals surface area contributed by atoms with Gasteiger partial charge in [-0.3, -0.25) is 0 Å². The quantitative estimate of drug-likeness (QED) is 0.0655. The third-order valence-corrected chi connectivity index (χ3v) is 12.0. The van der Waals surface area contributed by atoms with Crippen LogP contribution in [0.2, 0.25) is 0 Å². The van der Waals surface area contributed by atoms with Gasteiger partial charge in [-0.25, -0.2) is 69.6 Å². The van der Waals surface area contributed by atoms with Crippen LogP contribution in [0, 0.1) is 6.08 Å². The van der Waals surface area contributed by atoms with Crippen LogP contribution in [0.4, 0.5) is 10.3 Å². The first-order chi connectivity index (χ1) is 37.7. The molecule has 26 heteroatoms. The largest absolute Gasteiger partial charge is 0.368 e. The fourth-order valence-electron chi connectivity index (χ4n) is 8.30. The molecule has 12 aromatic heterocycles. The highest BCUT2D eigenvalue weighted by Crippen LogP contribution is 2.30. The van der Waals surface area contributed by atoms with Gasteiger partial charge >= 0.3 is 11.8 Å². The van der Waals surface area contributed by atoms with Crippen molar-refractivity contribution in [1.29, 1.82) is 0 Å². The zero-order valence-corrected chi connectivity index (χ0v) is 49.3. The van der Waals surface area contributed by atoms with E-state index >= 15 is 0 Å². The minimum absolute atomic E-state index is 0.0216. The number of fused-ring (bicyclic) bond motifs is 6. The van der Waals surface area contributed by atoms with Gasteiger partial charge in [0.25, 0.3) is 0 Å². The molecule has 0 fully saturated rings. The highest BCUT2D eigenvalue weighted by Gasteiger charge is 2.25. The zero-order valence-electron chi connectivity index (χ0n) is 49.3. The molecule has 0 spiro atoms. The lowest BCUT2D eigenvalue weighted by Crippen LogP contribution is -2.22. The van der Waals surface area contributed by atoms with E-state index in [9.17, 15) is 9.18 Å². The highest BCUT2D eigenvalue weighted by molar-refractivity contribution is 5.77. The van der Waals surface area contributed by atoms with Crippen LogP contribution in [0.5, 0.6) is 0 Å². The number of aromatic amines is 7. The van der Waals surface area contributed by atoms with Gasteiger partial charge in [-0.05, 0) is 17.0 Å². The van der Waals surface area contributed by atoms with Crippen molar-refractivity contribution in [3.8, 4) is 0 Å². The van der Waals surface area contributed by atoms with E-state index in [0.717, 1.165) is 67.3 Å². The minimum Gasteiger partial charge on any atom is -0.368 e. The number of hydrogen-bond donors (Lipinski definition) is 8. The highest BCUT2D eigenvalue weighted by atomic mass is 19.1. The average Bonchev–Trinajstić information content (AvgIpc) is 4.28. The van der Waals surface area contributed by atoms with Gasteiger partial charge < -0.3 is 40.6 Å². The number of imidazole rings is 6. The molecule has 0 unspecified atom stereocenters. The molecular formula is C55H73FN24O. The van der Waals surface area contributed by atoms with Crippen molar-refractivity contribution in [2.75, 3.05) is 5.73 Å². The summed E-state index contributed by atoms with van der Waals surface area (Å²) in [5, 5.41) is 0. The molecule has 426 valence electrons. The Labute approximate surface area is 466 Å². The number of rotatable bonds is 0. The molecule has 25 nitrogen and oxygen atoms in total. The first-order valence-corrected chi connectivity index (χ1v) is 26.1. The minimum atomic E-state index is -0.727. The topological polar surface area (TPSA) is 360 Å². The number of halogens is 1. The summed E-state index contributed by atoms with van der Waals surface area (Å²) < 4.78 is 13.0. The third-order valence-electron chi connectivity index (χ3n) is 12.0. The first kappa shape index (κ1) is 59.6. The van der Waals surface area contributed by atoms with E-state index in [4.69, 9.17) is 5.73 Å². The molecule has 0 saturated heterocycles. The molecule has 0 aliphatic carbocycles. The summed E-state index contributed by atoms with van der Waals surface area (Å²) in [6.45, 7) is 37.5. The molecule has 0 aliphatic heterocycles. The number of aromatic nitrogens is 23. The second-order valence-corrected chi connectivity index (χ2v) is 25.1. The number of nitrogens with zero attached hydrogens (tertiary/aromatic N) is 16. The molecule has 12 rings (SSSR count). The Kier molecular flexibility index (Phi) is 16.9. The normalized spacial score (nSPS) is 12.2. The van der Waals surface area contributed by atoms with Gasteiger partial charge in [-0.1, -0.05) is 125 Å². The number of nitrogen functional groups attached to an aromatic ring is 1. The lowest BCUT2D eigenvalue weighted by Gasteiger charge is -2.18. The summed E-state index contributed by atoms with van der Waals surface area (Å²) in [6.07, 6.45) is 13.8. The second kappa shape index (κ2) is 22.9. The maximum Gasteiger partial charge on any atom is 0.347 e. The molecule has 0 aromatic carbocycles. The van der Waals surface area contributed by atoms with E-state index in [0.29, 0.717) is 28.2 Å². The van der Waals surface area contributed by atoms with E-state index in [2.05, 4.69) is 198 Å². The maximum absolute atomic E-state index is 13.0. The fourth-order valence-corrected chi connectivity index (χ4v) is 8.30. The SMILES string of the molecule is CC(C)(C)c1[nH]c(=O)nc2nc[nH]c12.CC(C)(C)c1ccnc2nc[nH]c12.CC(C)(C)c1nc(F)nc2nc[nH]c12.CC(C)(C)c1nc(N)nc2nc[nH]c12.CC(C)(C)c1ncnc2nc[nH]c12.CC(C)(C)c1ncnc2nc[nH]c12. The summed E-state index contributed by atoms with van der Waals surface area (Å²) in [6, 6.07) is 2.04. The van der Waals surface area contributed by atoms with Crippen molar-refractivity contribution in [3.05, 3.63) is 113 Å². The van der Waals surface area contributed by atoms with Crippen LogP contribution >= 0.6 is 0 Å². The van der Waals surface area contributed by atoms with Crippen LogP contribution < -0.4 is 11.4 Å². The monoisotopic (exact) mass is 1100 g/mol. The van der Waals surface area contributed by atoms with Gasteiger partial charge in [0, 0.05) is 33.3 Å². The number of pyridine rings is 1. The number of nitrogens with one attached hydrogen (secondary N) is 7. The van der Waals surface area contributed by atoms with Crippen molar-refractivity contribution < 1.29 is 4.39 Å². The molecule has 9 N–H and O–H groups in total. The predicted octanol–water partition coefficient (Wildman–Crippen LogP) is 9.52. The van der Waals surface area contributed by atoms with Gasteiger partial charge in [0.2, 0.25) is 5.95 Å². The van der Waals surface area contributed by atoms with E-state index in [1.54, 1.807) is 44.3 Å². The summed E-state index contributed by atoms with van der Waals surface area (Å²) >= 11 is 0. The molecule has 12 heterocycles. The van der Waals surface area contributed by atoms with E-state index in [1.165, 1.54) is 11.9 Å². The Morgan fingerprint density at radius 2 is 0.741 bits per heavy atom. The molecule has 12 aromatic rings. The van der Waals surface area contributed by atoms with Gasteiger partial charge in [-0.2, -0.15) is 19.3 Å². The summed E-state index contributed by atoms with van der Waals surface area (Å²) in [4.78, 5) is 96.6. The van der Waals surface area contributed by atoms with E-state index < -0.39 is 6.08 Å². The number of H-pyrrole nitrogens is 7. The number of hydrogen-bond acceptors (Lipinski definition) is 18. The standard InChI is InChI=1S/C10H13N3.C9H11FN4.C9H13N5.C9H12N4O.2C9H12N4/c1-10(2,3)7-4-5-11-9-8(7)12-6-13-9;2*1-9(2,3)6-5-7(12-4-11-5)14-8(10)13-6;1-9(2,3)6-5-7(11-4-10-5)13-8(14)12-6;2*1-9(2,3)7-6-8(12-4-10-6)13-5-11-7/h4-6H,1-3H3,(H,11,12,13);4H,1-3H3,(H,11,12,13,14);4H,1-3H3,(H3,10,11,12,13,14);4H,1-3H3,(H2,10,11,12,13,14);2*4-5H,1-3H3,(H,10,11,12,13). The Balaban J connectivity index is 0.000000140. The summed E-state index contributed by atoms with van der Waals surface area (Å²) in [5.74, 6) is 0.273.